The number of nitrogens with zero attached hydrogens (tertiary/aromatic N) is 1. The summed E-state index contributed by atoms with van der Waals surface area (Å²) in [5.41, 5.74) is 2.59. The number of hydrogen-bond acceptors (Lipinski definition) is 9. The maximum atomic E-state index is 13.1. The number of rotatable bonds is 11. The van der Waals surface area contributed by atoms with Crippen LogP contribution in [0.5, 0.6) is 5.75 Å². The van der Waals surface area contributed by atoms with E-state index in [4.69, 9.17) is 14.2 Å². The molecule has 10 heteroatoms. The number of hydrogen-bond donors (Lipinski definition) is 1. The van der Waals surface area contributed by atoms with Crippen LogP contribution in [0.1, 0.15) is 64.9 Å². The van der Waals surface area contributed by atoms with Crippen molar-refractivity contribution in [2.45, 2.75) is 59.3 Å². The summed E-state index contributed by atoms with van der Waals surface area (Å²) in [5, 5.41) is 12.9. The molecule has 1 aliphatic carbocycles. The van der Waals surface area contributed by atoms with Gasteiger partial charge in [-0.05, 0) is 71.3 Å². The van der Waals surface area contributed by atoms with E-state index in [2.05, 4.69) is 10.2 Å². The molecule has 0 saturated heterocycles. The fourth-order valence-electron chi connectivity index (χ4n) is 5.05. The fourth-order valence-corrected chi connectivity index (χ4v) is 5.05. The second-order valence-electron chi connectivity index (χ2n) is 9.33. The predicted octanol–water partition coefficient (Wildman–Crippen LogP) is 4.44. The SMILES string of the molecule is CCOC(=O)C1=C(C)NC(C)=C(C(=O)OCC)C1c1ccccc1OC[C@H]1CC[C@H](CO[N+](=O)[O-])CC1. The maximum Gasteiger partial charge on any atom is 0.336 e. The maximum absolute atomic E-state index is 13.1. The van der Waals surface area contributed by atoms with Crippen LogP contribution in [-0.4, -0.2) is 43.5 Å². The van der Waals surface area contributed by atoms with Crippen LogP contribution in [0.2, 0.25) is 0 Å². The number of allylic oxidation sites excluding steroid dienone is 2. The number of esters is 2. The van der Waals surface area contributed by atoms with Gasteiger partial charge < -0.3 is 24.4 Å². The zero-order chi connectivity index (χ0) is 26.9. The van der Waals surface area contributed by atoms with Crippen LogP contribution in [0.15, 0.2) is 46.8 Å². The van der Waals surface area contributed by atoms with E-state index in [1.54, 1.807) is 27.7 Å². The van der Waals surface area contributed by atoms with Crippen molar-refractivity contribution in [1.29, 1.82) is 0 Å². The van der Waals surface area contributed by atoms with Crippen molar-refractivity contribution >= 4 is 11.9 Å². The largest absolute Gasteiger partial charge is 0.493 e. The first-order valence-electron chi connectivity index (χ1n) is 12.8. The average molecular weight is 517 g/mol. The molecule has 1 fully saturated rings. The molecule has 3 rings (SSSR count). The first-order chi connectivity index (χ1) is 17.8. The smallest absolute Gasteiger partial charge is 0.336 e. The van der Waals surface area contributed by atoms with Crippen LogP contribution < -0.4 is 10.1 Å². The molecule has 0 spiro atoms. The second-order valence-corrected chi connectivity index (χ2v) is 9.33. The van der Waals surface area contributed by atoms with Crippen LogP contribution in [-0.2, 0) is 23.9 Å². The molecule has 2 aliphatic rings. The molecule has 0 radical (unpaired) electrons. The first kappa shape index (κ1) is 28.0. The second kappa shape index (κ2) is 13.1. The molecule has 0 atom stereocenters. The van der Waals surface area contributed by atoms with E-state index in [9.17, 15) is 19.7 Å². The monoisotopic (exact) mass is 516 g/mol. The van der Waals surface area contributed by atoms with E-state index in [1.165, 1.54) is 0 Å². The molecule has 0 amide bonds. The van der Waals surface area contributed by atoms with E-state index in [0.29, 0.717) is 40.5 Å². The molecule has 1 heterocycles. The number of ether oxygens (including phenoxy) is 3. The van der Waals surface area contributed by atoms with Gasteiger partial charge in [-0.3, -0.25) is 0 Å². The molecule has 0 bridgehead atoms. The Morgan fingerprint density at radius 3 is 1.95 bits per heavy atom. The van der Waals surface area contributed by atoms with Crippen LogP contribution in [0.25, 0.3) is 0 Å². The Morgan fingerprint density at radius 2 is 1.43 bits per heavy atom. The highest BCUT2D eigenvalue weighted by Gasteiger charge is 2.39. The molecule has 10 nitrogen and oxygen atoms in total. The molecule has 1 aromatic rings. The minimum atomic E-state index is -0.742. The highest BCUT2D eigenvalue weighted by molar-refractivity contribution is 6.00. The number of carbonyl (C=O) groups is 2. The number of para-hydroxylation sites is 1. The van der Waals surface area contributed by atoms with Gasteiger partial charge in [-0.2, -0.15) is 0 Å². The van der Waals surface area contributed by atoms with Gasteiger partial charge in [0, 0.05) is 17.0 Å². The zero-order valence-electron chi connectivity index (χ0n) is 21.9. The van der Waals surface area contributed by atoms with Gasteiger partial charge in [-0.25, -0.2) is 9.59 Å². The molecule has 1 aromatic carbocycles. The molecule has 202 valence electrons. The number of nitrogens with one attached hydrogen (secondary N) is 1. The van der Waals surface area contributed by atoms with Gasteiger partial charge in [0.25, 0.3) is 5.09 Å². The van der Waals surface area contributed by atoms with Gasteiger partial charge in [0.1, 0.15) is 5.75 Å². The van der Waals surface area contributed by atoms with Crippen molar-refractivity contribution in [2.75, 3.05) is 26.4 Å². The van der Waals surface area contributed by atoms with Gasteiger partial charge in [0.15, 0.2) is 0 Å². The molecule has 0 unspecified atom stereocenters. The average Bonchev–Trinajstić information content (AvgIpc) is 2.86. The quantitative estimate of drug-likeness (QED) is 0.258. The standard InChI is InChI=1S/C27H36N2O8/c1-5-34-26(30)23-17(3)28-18(4)24(27(31)35-6-2)25(23)21-9-7-8-10-22(21)36-15-19-11-13-20(14-12-19)16-37-29(32)33/h7-10,19-20,25,28H,5-6,11-16H2,1-4H3/t19-,20-. The minimum absolute atomic E-state index is 0.129. The van der Waals surface area contributed by atoms with Crippen molar-refractivity contribution in [3.05, 3.63) is 62.5 Å². The lowest BCUT2D eigenvalue weighted by atomic mass is 9.80. The third kappa shape index (κ3) is 7.02. The predicted molar refractivity (Wildman–Crippen MR) is 135 cm³/mol. The summed E-state index contributed by atoms with van der Waals surface area (Å²) in [4.78, 5) is 41.2. The van der Waals surface area contributed by atoms with Crippen molar-refractivity contribution in [3.8, 4) is 5.75 Å². The summed E-state index contributed by atoms with van der Waals surface area (Å²) < 4.78 is 17.0. The Kier molecular flexibility index (Phi) is 9.93. The van der Waals surface area contributed by atoms with Gasteiger partial charge in [0.05, 0.1) is 43.5 Å². The number of dihydropyridines is 1. The highest BCUT2D eigenvalue weighted by atomic mass is 16.9. The van der Waals surface area contributed by atoms with Gasteiger partial charge >= 0.3 is 11.9 Å². The van der Waals surface area contributed by atoms with E-state index < -0.39 is 22.9 Å². The van der Waals surface area contributed by atoms with Crippen molar-refractivity contribution in [2.24, 2.45) is 11.8 Å². The topological polar surface area (TPSA) is 126 Å². The Labute approximate surface area is 217 Å². The summed E-state index contributed by atoms with van der Waals surface area (Å²) in [6.07, 6.45) is 3.42. The lowest BCUT2D eigenvalue weighted by molar-refractivity contribution is -0.759. The van der Waals surface area contributed by atoms with Crippen LogP contribution in [0.4, 0.5) is 0 Å². The normalized spacial score (nSPS) is 20.2. The Bertz CT molecular complexity index is 1020. The Balaban J connectivity index is 1.85. The van der Waals surface area contributed by atoms with Crippen LogP contribution >= 0.6 is 0 Å². The van der Waals surface area contributed by atoms with Crippen molar-refractivity contribution in [1.82, 2.24) is 5.32 Å². The first-order valence-corrected chi connectivity index (χ1v) is 12.8. The van der Waals surface area contributed by atoms with Crippen LogP contribution in [0.3, 0.4) is 0 Å². The molecule has 0 aromatic heterocycles. The zero-order valence-corrected chi connectivity index (χ0v) is 21.9. The lowest BCUT2D eigenvalue weighted by Crippen LogP contribution is -2.33. The van der Waals surface area contributed by atoms with E-state index in [0.717, 1.165) is 25.7 Å². The summed E-state index contributed by atoms with van der Waals surface area (Å²) in [5.74, 6) is -0.683. The molecule has 1 saturated carbocycles. The molecule has 1 aliphatic heterocycles. The summed E-state index contributed by atoms with van der Waals surface area (Å²) >= 11 is 0. The minimum Gasteiger partial charge on any atom is -0.493 e. The molecular weight excluding hydrogens is 480 g/mol. The molecular formula is C27H36N2O8. The van der Waals surface area contributed by atoms with Crippen molar-refractivity contribution < 1.29 is 33.7 Å². The number of benzene rings is 1. The van der Waals surface area contributed by atoms with E-state index >= 15 is 0 Å². The molecule has 1 N–H and O–H groups in total. The van der Waals surface area contributed by atoms with Gasteiger partial charge in [-0.1, -0.05) is 18.2 Å². The Hall–Kier alpha value is -3.56. The van der Waals surface area contributed by atoms with Gasteiger partial charge in [-0.15, -0.1) is 10.1 Å². The molecule has 37 heavy (non-hydrogen) atoms. The number of carbonyl (C=O) groups excluding carboxylic acids is 2. The summed E-state index contributed by atoms with van der Waals surface area (Å²) in [7, 11) is 0. The Morgan fingerprint density at radius 1 is 0.919 bits per heavy atom. The van der Waals surface area contributed by atoms with E-state index in [-0.39, 0.29) is 31.7 Å². The van der Waals surface area contributed by atoms with Gasteiger partial charge in [0.2, 0.25) is 0 Å². The van der Waals surface area contributed by atoms with E-state index in [1.807, 2.05) is 24.3 Å². The third-order valence-electron chi connectivity index (χ3n) is 6.84. The van der Waals surface area contributed by atoms with Crippen LogP contribution in [0, 0.1) is 22.0 Å². The lowest BCUT2D eigenvalue weighted by Gasteiger charge is -2.32. The third-order valence-corrected chi connectivity index (χ3v) is 6.84. The summed E-state index contributed by atoms with van der Waals surface area (Å²) in [6.45, 7) is 8.04. The highest BCUT2D eigenvalue weighted by Crippen LogP contribution is 2.43. The van der Waals surface area contributed by atoms with Crippen molar-refractivity contribution in [3.63, 3.8) is 0 Å². The fraction of sp³-hybridized carbons (Fsp3) is 0.556. The summed E-state index contributed by atoms with van der Waals surface area (Å²) in [6, 6.07) is 7.40.